The molecule has 0 heterocycles. The number of carbonyl (C=O) groups is 1. The zero-order chi connectivity index (χ0) is 16.7. The number of para-hydroxylation sites is 1. The van der Waals surface area contributed by atoms with E-state index in [0.717, 1.165) is 5.56 Å². The Morgan fingerprint density at radius 2 is 1.57 bits per heavy atom. The topological polar surface area (TPSA) is 66.5 Å². The number of benzene rings is 2. The van der Waals surface area contributed by atoms with Crippen LogP contribution in [0.1, 0.15) is 12.0 Å². The van der Waals surface area contributed by atoms with Gasteiger partial charge in [-0.3, -0.25) is 4.79 Å². The van der Waals surface area contributed by atoms with E-state index in [4.69, 9.17) is 0 Å². The van der Waals surface area contributed by atoms with Crippen molar-refractivity contribution >= 4 is 21.6 Å². The SMILES string of the molecule is CN(Cc1ccccc1)S(=O)(=O)CCC(=O)Nc1ccccc1. The van der Waals surface area contributed by atoms with Crippen LogP contribution < -0.4 is 5.32 Å². The number of amides is 1. The van der Waals surface area contributed by atoms with Crippen molar-refractivity contribution in [1.29, 1.82) is 0 Å². The summed E-state index contributed by atoms with van der Waals surface area (Å²) in [7, 11) is -1.95. The van der Waals surface area contributed by atoms with Crippen LogP contribution in [-0.2, 0) is 21.4 Å². The van der Waals surface area contributed by atoms with Crippen molar-refractivity contribution in [2.45, 2.75) is 13.0 Å². The van der Waals surface area contributed by atoms with Gasteiger partial charge in [0.15, 0.2) is 0 Å². The first kappa shape index (κ1) is 17.2. The number of hydrogen-bond donors (Lipinski definition) is 1. The lowest BCUT2D eigenvalue weighted by Crippen LogP contribution is -2.30. The summed E-state index contributed by atoms with van der Waals surface area (Å²) in [6.07, 6.45) is -0.0731. The van der Waals surface area contributed by atoms with Gasteiger partial charge in [-0.15, -0.1) is 0 Å². The molecule has 0 saturated carbocycles. The van der Waals surface area contributed by atoms with E-state index in [0.29, 0.717) is 12.2 Å². The van der Waals surface area contributed by atoms with Crippen LogP contribution in [-0.4, -0.2) is 31.4 Å². The molecule has 5 nitrogen and oxygen atoms in total. The summed E-state index contributed by atoms with van der Waals surface area (Å²) >= 11 is 0. The van der Waals surface area contributed by atoms with Crippen LogP contribution in [0.5, 0.6) is 0 Å². The lowest BCUT2D eigenvalue weighted by molar-refractivity contribution is -0.115. The maximum Gasteiger partial charge on any atom is 0.225 e. The normalized spacial score (nSPS) is 11.4. The van der Waals surface area contributed by atoms with E-state index in [1.54, 1.807) is 24.3 Å². The predicted molar refractivity (Wildman–Crippen MR) is 91.4 cm³/mol. The lowest BCUT2D eigenvalue weighted by Gasteiger charge is -2.17. The van der Waals surface area contributed by atoms with Gasteiger partial charge in [0.1, 0.15) is 0 Å². The van der Waals surface area contributed by atoms with Crippen LogP contribution in [0.25, 0.3) is 0 Å². The van der Waals surface area contributed by atoms with E-state index in [9.17, 15) is 13.2 Å². The number of rotatable bonds is 7. The minimum Gasteiger partial charge on any atom is -0.326 e. The van der Waals surface area contributed by atoms with Gasteiger partial charge in [-0.25, -0.2) is 12.7 Å². The van der Waals surface area contributed by atoms with Crippen LogP contribution >= 0.6 is 0 Å². The summed E-state index contributed by atoms with van der Waals surface area (Å²) in [6.45, 7) is 0.295. The Hall–Kier alpha value is -2.18. The van der Waals surface area contributed by atoms with E-state index in [2.05, 4.69) is 5.32 Å². The molecular weight excluding hydrogens is 312 g/mol. The van der Waals surface area contributed by atoms with Crippen molar-refractivity contribution in [3.8, 4) is 0 Å². The van der Waals surface area contributed by atoms with Gasteiger partial charge in [0.05, 0.1) is 5.75 Å². The number of sulfonamides is 1. The summed E-state index contributed by atoms with van der Waals surface area (Å²) in [5.41, 5.74) is 1.57. The third kappa shape index (κ3) is 5.50. The van der Waals surface area contributed by atoms with E-state index in [1.807, 2.05) is 36.4 Å². The van der Waals surface area contributed by atoms with Crippen molar-refractivity contribution in [1.82, 2.24) is 4.31 Å². The van der Waals surface area contributed by atoms with Crippen molar-refractivity contribution < 1.29 is 13.2 Å². The van der Waals surface area contributed by atoms with Crippen molar-refractivity contribution in [3.05, 3.63) is 66.2 Å². The monoisotopic (exact) mass is 332 g/mol. The highest BCUT2D eigenvalue weighted by Crippen LogP contribution is 2.10. The number of hydrogen-bond acceptors (Lipinski definition) is 3. The van der Waals surface area contributed by atoms with Gasteiger partial charge in [0.25, 0.3) is 0 Å². The average molecular weight is 332 g/mol. The molecule has 23 heavy (non-hydrogen) atoms. The molecule has 6 heteroatoms. The molecule has 2 aromatic carbocycles. The molecule has 0 aliphatic heterocycles. The minimum absolute atomic E-state index is 0.0731. The van der Waals surface area contributed by atoms with Gasteiger partial charge in [-0.2, -0.15) is 0 Å². The summed E-state index contributed by atoms with van der Waals surface area (Å²) in [5, 5.41) is 2.68. The van der Waals surface area contributed by atoms with Gasteiger partial charge < -0.3 is 5.32 Å². The highest BCUT2D eigenvalue weighted by Gasteiger charge is 2.19. The Morgan fingerprint density at radius 3 is 2.17 bits per heavy atom. The fraction of sp³-hybridized carbons (Fsp3) is 0.235. The van der Waals surface area contributed by atoms with E-state index < -0.39 is 10.0 Å². The van der Waals surface area contributed by atoms with Gasteiger partial charge in [-0.05, 0) is 17.7 Å². The second-order valence-electron chi connectivity index (χ2n) is 5.22. The molecule has 0 saturated heterocycles. The zero-order valence-electron chi connectivity index (χ0n) is 13.0. The third-order valence-corrected chi connectivity index (χ3v) is 5.17. The van der Waals surface area contributed by atoms with Gasteiger partial charge in [0.2, 0.25) is 15.9 Å². The maximum absolute atomic E-state index is 12.2. The van der Waals surface area contributed by atoms with Crippen molar-refractivity contribution in [2.24, 2.45) is 0 Å². The van der Waals surface area contributed by atoms with E-state index in [-0.39, 0.29) is 18.1 Å². The summed E-state index contributed by atoms with van der Waals surface area (Å²) in [6, 6.07) is 18.3. The van der Waals surface area contributed by atoms with Gasteiger partial charge >= 0.3 is 0 Å². The molecule has 2 aromatic rings. The smallest absolute Gasteiger partial charge is 0.225 e. The van der Waals surface area contributed by atoms with Gasteiger partial charge in [-0.1, -0.05) is 48.5 Å². The Labute approximate surface area is 137 Å². The predicted octanol–water partition coefficient (Wildman–Crippen LogP) is 2.48. The third-order valence-electron chi connectivity index (χ3n) is 3.37. The van der Waals surface area contributed by atoms with Crippen LogP contribution in [0.2, 0.25) is 0 Å². The number of carbonyl (C=O) groups excluding carboxylic acids is 1. The first-order valence-corrected chi connectivity index (χ1v) is 8.91. The molecule has 122 valence electrons. The van der Waals surface area contributed by atoms with Crippen molar-refractivity contribution in [2.75, 3.05) is 18.1 Å². The molecule has 0 spiro atoms. The standard InChI is InChI=1S/C17H20N2O3S/c1-19(14-15-8-4-2-5-9-15)23(21,22)13-12-17(20)18-16-10-6-3-7-11-16/h2-11H,12-14H2,1H3,(H,18,20). The Bertz CT molecular complexity index is 731. The quantitative estimate of drug-likeness (QED) is 0.847. The molecule has 1 amide bonds. The fourth-order valence-corrected chi connectivity index (χ4v) is 3.16. The lowest BCUT2D eigenvalue weighted by atomic mass is 10.2. The highest BCUT2D eigenvalue weighted by atomic mass is 32.2. The first-order valence-electron chi connectivity index (χ1n) is 7.30. The molecule has 0 aliphatic carbocycles. The van der Waals surface area contributed by atoms with Crippen LogP contribution in [0.3, 0.4) is 0 Å². The molecule has 0 fully saturated rings. The van der Waals surface area contributed by atoms with Crippen molar-refractivity contribution in [3.63, 3.8) is 0 Å². The summed E-state index contributed by atoms with van der Waals surface area (Å²) in [5.74, 6) is -0.525. The molecular formula is C17H20N2O3S. The zero-order valence-corrected chi connectivity index (χ0v) is 13.8. The fourth-order valence-electron chi connectivity index (χ4n) is 2.06. The highest BCUT2D eigenvalue weighted by molar-refractivity contribution is 7.89. The molecule has 2 rings (SSSR count). The van der Waals surface area contributed by atoms with Crippen LogP contribution in [0.4, 0.5) is 5.69 Å². The van der Waals surface area contributed by atoms with E-state index >= 15 is 0 Å². The number of anilines is 1. The number of nitrogens with zero attached hydrogens (tertiary/aromatic N) is 1. The molecule has 0 atom stereocenters. The second-order valence-corrected chi connectivity index (χ2v) is 7.42. The molecule has 0 aliphatic rings. The largest absolute Gasteiger partial charge is 0.326 e. The molecule has 0 unspecified atom stereocenters. The molecule has 0 aromatic heterocycles. The molecule has 0 radical (unpaired) electrons. The average Bonchev–Trinajstić information content (AvgIpc) is 2.55. The minimum atomic E-state index is -3.47. The number of nitrogens with one attached hydrogen (secondary N) is 1. The Kier molecular flexibility index (Phi) is 5.90. The van der Waals surface area contributed by atoms with Crippen LogP contribution in [0, 0.1) is 0 Å². The Morgan fingerprint density at radius 1 is 1.00 bits per heavy atom. The van der Waals surface area contributed by atoms with Crippen LogP contribution in [0.15, 0.2) is 60.7 Å². The van der Waals surface area contributed by atoms with E-state index in [1.165, 1.54) is 11.4 Å². The summed E-state index contributed by atoms with van der Waals surface area (Å²) < 4.78 is 25.8. The molecule has 0 bridgehead atoms. The second kappa shape index (κ2) is 7.89. The maximum atomic E-state index is 12.2. The first-order chi connectivity index (χ1) is 11.0. The van der Waals surface area contributed by atoms with Gasteiger partial charge in [0, 0.05) is 25.7 Å². The Balaban J connectivity index is 1.87. The summed E-state index contributed by atoms with van der Waals surface area (Å²) in [4.78, 5) is 11.8. The molecule has 1 N–H and O–H groups in total.